The first-order chi connectivity index (χ1) is 21.1. The smallest absolute Gasteiger partial charge is 0.224 e. The van der Waals surface area contributed by atoms with E-state index in [1.807, 2.05) is 22.9 Å². The Hall–Kier alpha value is -3.11. The van der Waals surface area contributed by atoms with E-state index in [1.54, 1.807) is 17.5 Å². The van der Waals surface area contributed by atoms with Gasteiger partial charge in [0, 0.05) is 40.7 Å². The van der Waals surface area contributed by atoms with E-state index in [-0.39, 0.29) is 17.2 Å². The molecule has 5 aromatic rings. The van der Waals surface area contributed by atoms with Gasteiger partial charge in [0.2, 0.25) is 5.28 Å². The van der Waals surface area contributed by atoms with Gasteiger partial charge in [-0.2, -0.15) is 4.98 Å². The monoisotopic (exact) mass is 615 g/mol. The average Bonchev–Trinajstić information content (AvgIpc) is 3.71. The third-order valence-electron chi connectivity index (χ3n) is 8.39. The van der Waals surface area contributed by atoms with Crippen LogP contribution in [0.5, 0.6) is 0 Å². The van der Waals surface area contributed by atoms with Crippen molar-refractivity contribution in [2.45, 2.75) is 43.9 Å². The molecule has 6 rings (SSSR count). The highest BCUT2D eigenvalue weighted by atomic mass is 35.5. The van der Waals surface area contributed by atoms with Gasteiger partial charge in [-0.25, -0.2) is 4.98 Å². The molecule has 1 aliphatic carbocycles. The number of benzene rings is 2. The molecule has 0 amide bonds. The number of thiophene rings is 1. The van der Waals surface area contributed by atoms with E-state index in [4.69, 9.17) is 11.6 Å². The van der Waals surface area contributed by atoms with Crippen molar-refractivity contribution in [1.82, 2.24) is 25.2 Å². The third-order valence-corrected chi connectivity index (χ3v) is 9.58. The maximum Gasteiger partial charge on any atom is 0.224 e. The molecule has 0 unspecified atom stereocenters. The fourth-order valence-corrected chi connectivity index (χ4v) is 7.17. The summed E-state index contributed by atoms with van der Waals surface area (Å²) in [5, 5.41) is 32.4. The molecule has 0 saturated heterocycles. The van der Waals surface area contributed by atoms with E-state index < -0.39 is 12.2 Å². The molecule has 9 heteroatoms. The number of hydrogen-bond acceptors (Lipinski definition) is 7. The second-order valence-corrected chi connectivity index (χ2v) is 12.6. The normalized spacial score (nSPS) is 20.3. The largest absolute Gasteiger partial charge is 0.390 e. The Morgan fingerprint density at radius 1 is 0.907 bits per heavy atom. The van der Waals surface area contributed by atoms with Crippen molar-refractivity contribution < 1.29 is 10.2 Å². The second kappa shape index (κ2) is 14.1. The predicted molar refractivity (Wildman–Crippen MR) is 175 cm³/mol. The van der Waals surface area contributed by atoms with Crippen LogP contribution in [0.1, 0.15) is 35.6 Å². The number of halogens is 1. The van der Waals surface area contributed by atoms with Crippen molar-refractivity contribution >= 4 is 34.0 Å². The van der Waals surface area contributed by atoms with Crippen LogP contribution in [0, 0.1) is 5.92 Å². The zero-order valence-electron chi connectivity index (χ0n) is 24.1. The molecule has 4 atom stereocenters. The van der Waals surface area contributed by atoms with Crippen molar-refractivity contribution in [2.24, 2.45) is 5.92 Å². The molecule has 0 spiro atoms. The molecule has 3 heterocycles. The number of hydrogen-bond donors (Lipinski definition) is 4. The lowest BCUT2D eigenvalue weighted by Crippen LogP contribution is -2.34. The SMILES string of the molecule is O[C@@H]1[C@@H](CNCCCNCCc2ccccc2)C[C@@H](n2cc(-c3cc(Cc4ccccc4)cs3)c3cnc(Cl)nc32)[C@@H]1O. The van der Waals surface area contributed by atoms with Gasteiger partial charge in [0.05, 0.1) is 12.1 Å². The lowest BCUT2D eigenvalue weighted by Gasteiger charge is -2.19. The molecular formula is C34H38ClN5O2S. The van der Waals surface area contributed by atoms with Gasteiger partial charge in [-0.3, -0.25) is 0 Å². The van der Waals surface area contributed by atoms with Crippen molar-refractivity contribution in [2.75, 3.05) is 26.2 Å². The number of nitrogens with one attached hydrogen (secondary N) is 2. The molecule has 3 aromatic heterocycles. The number of rotatable bonds is 13. The van der Waals surface area contributed by atoms with Crippen molar-refractivity contribution in [1.29, 1.82) is 0 Å². The lowest BCUT2D eigenvalue weighted by molar-refractivity contribution is 0.00695. The van der Waals surface area contributed by atoms with Crippen LogP contribution in [0.4, 0.5) is 0 Å². The predicted octanol–water partition coefficient (Wildman–Crippen LogP) is 5.50. The highest BCUT2D eigenvalue weighted by Crippen LogP contribution is 2.41. The molecule has 4 N–H and O–H groups in total. The van der Waals surface area contributed by atoms with Crippen LogP contribution in [-0.2, 0) is 12.8 Å². The topological polar surface area (TPSA) is 95.2 Å². The molecule has 43 heavy (non-hydrogen) atoms. The first kappa shape index (κ1) is 29.9. The minimum Gasteiger partial charge on any atom is -0.390 e. The molecule has 224 valence electrons. The molecular weight excluding hydrogens is 578 g/mol. The summed E-state index contributed by atoms with van der Waals surface area (Å²) in [6, 6.07) is 22.8. The Labute approximate surface area is 261 Å². The Kier molecular flexibility index (Phi) is 9.83. The van der Waals surface area contributed by atoms with E-state index in [0.29, 0.717) is 18.6 Å². The zero-order chi connectivity index (χ0) is 29.6. The Bertz CT molecular complexity index is 1610. The summed E-state index contributed by atoms with van der Waals surface area (Å²) in [6.07, 6.45) is 5.61. The molecule has 2 aromatic carbocycles. The van der Waals surface area contributed by atoms with Crippen molar-refractivity contribution in [3.05, 3.63) is 106 Å². The molecule has 0 aliphatic heterocycles. The highest BCUT2D eigenvalue weighted by molar-refractivity contribution is 7.13. The summed E-state index contributed by atoms with van der Waals surface area (Å²) < 4.78 is 2.00. The van der Waals surface area contributed by atoms with Crippen LogP contribution in [-0.4, -0.2) is 63.1 Å². The minimum absolute atomic E-state index is 0.0662. The number of nitrogens with zero attached hydrogens (tertiary/aromatic N) is 3. The zero-order valence-corrected chi connectivity index (χ0v) is 25.6. The van der Waals surface area contributed by atoms with Gasteiger partial charge in [0.1, 0.15) is 11.8 Å². The summed E-state index contributed by atoms with van der Waals surface area (Å²) in [4.78, 5) is 9.94. The molecule has 0 radical (unpaired) electrons. The highest BCUT2D eigenvalue weighted by Gasteiger charge is 2.42. The van der Waals surface area contributed by atoms with Crippen LogP contribution >= 0.6 is 22.9 Å². The molecule has 1 saturated carbocycles. The summed E-state index contributed by atoms with van der Waals surface area (Å²) in [5.74, 6) is -0.0662. The van der Waals surface area contributed by atoms with Crippen LogP contribution in [0.3, 0.4) is 0 Å². The van der Waals surface area contributed by atoms with Gasteiger partial charge >= 0.3 is 0 Å². The average molecular weight is 616 g/mol. The van der Waals surface area contributed by atoms with Gasteiger partial charge in [-0.15, -0.1) is 11.3 Å². The quantitative estimate of drug-likeness (QED) is 0.103. The number of aliphatic hydroxyl groups is 2. The second-order valence-electron chi connectivity index (χ2n) is 11.4. The number of aliphatic hydroxyl groups excluding tert-OH is 2. The van der Waals surface area contributed by atoms with E-state index >= 15 is 0 Å². The molecule has 7 nitrogen and oxygen atoms in total. The van der Waals surface area contributed by atoms with Crippen LogP contribution in [0.2, 0.25) is 5.28 Å². The van der Waals surface area contributed by atoms with E-state index in [0.717, 1.165) is 54.7 Å². The van der Waals surface area contributed by atoms with E-state index in [2.05, 4.69) is 80.6 Å². The fourth-order valence-electron chi connectivity index (χ4n) is 6.10. The molecule has 0 bridgehead atoms. The third kappa shape index (κ3) is 7.17. The first-order valence-electron chi connectivity index (χ1n) is 15.0. The van der Waals surface area contributed by atoms with Gasteiger partial charge in [0.15, 0.2) is 0 Å². The van der Waals surface area contributed by atoms with E-state index in [9.17, 15) is 10.2 Å². The van der Waals surface area contributed by atoms with Gasteiger partial charge < -0.3 is 25.4 Å². The van der Waals surface area contributed by atoms with Crippen LogP contribution in [0.15, 0.2) is 84.5 Å². The van der Waals surface area contributed by atoms with Gasteiger partial charge in [-0.1, -0.05) is 60.7 Å². The summed E-state index contributed by atoms with van der Waals surface area (Å²) in [7, 11) is 0. The van der Waals surface area contributed by atoms with Gasteiger partial charge in [-0.05, 0) is 85.1 Å². The maximum absolute atomic E-state index is 11.2. The van der Waals surface area contributed by atoms with E-state index in [1.165, 1.54) is 16.7 Å². The Morgan fingerprint density at radius 3 is 2.44 bits per heavy atom. The minimum atomic E-state index is -0.902. The summed E-state index contributed by atoms with van der Waals surface area (Å²) >= 11 is 7.93. The maximum atomic E-state index is 11.2. The van der Waals surface area contributed by atoms with Crippen LogP contribution in [0.25, 0.3) is 21.5 Å². The number of aromatic nitrogens is 3. The summed E-state index contributed by atoms with van der Waals surface area (Å²) in [6.45, 7) is 3.39. The number of fused-ring (bicyclic) bond motifs is 1. The van der Waals surface area contributed by atoms with Crippen molar-refractivity contribution in [3.63, 3.8) is 0 Å². The Morgan fingerprint density at radius 2 is 1.65 bits per heavy atom. The summed E-state index contributed by atoms with van der Waals surface area (Å²) in [5.41, 5.74) is 5.55. The lowest BCUT2D eigenvalue weighted by atomic mass is 10.1. The molecule has 1 fully saturated rings. The molecule has 1 aliphatic rings. The Balaban J connectivity index is 1.08. The standard InChI is InChI=1S/C34H38ClN5O2S/c35-34-38-20-27-28(30-17-25(22-43-30)16-24-10-5-2-6-11-24)21-40(33(27)39-34)29-18-26(31(41)32(29)42)19-37-14-7-13-36-15-12-23-8-3-1-4-9-23/h1-6,8-11,17,20-22,26,29,31-32,36-37,41-42H,7,12-16,18-19H2/t26-,29-,31-,32+/m1/s1. The first-order valence-corrected chi connectivity index (χ1v) is 16.3. The fraction of sp³-hybridized carbons (Fsp3) is 0.353. The van der Waals surface area contributed by atoms with Gasteiger partial charge in [0.25, 0.3) is 0 Å². The van der Waals surface area contributed by atoms with Crippen LogP contribution < -0.4 is 10.6 Å². The van der Waals surface area contributed by atoms with Crippen molar-refractivity contribution in [3.8, 4) is 10.4 Å².